The molecule has 12 heavy (non-hydrogen) atoms. The molecule has 0 aliphatic rings. The summed E-state index contributed by atoms with van der Waals surface area (Å²) in [5.74, 6) is 0. The molecule has 60 valence electrons. The minimum atomic E-state index is 0.801. The van der Waals surface area contributed by atoms with Crippen molar-refractivity contribution in [2.75, 3.05) is 0 Å². The van der Waals surface area contributed by atoms with Crippen LogP contribution in [0.1, 0.15) is 5.56 Å². The first-order chi connectivity index (χ1) is 5.79. The van der Waals surface area contributed by atoms with Crippen molar-refractivity contribution in [1.82, 2.24) is 4.98 Å². The van der Waals surface area contributed by atoms with Crippen LogP contribution in [-0.2, 0) is 0 Å². The van der Waals surface area contributed by atoms with Crippen LogP contribution in [0.5, 0.6) is 0 Å². The molecule has 1 aromatic heterocycles. The summed E-state index contributed by atoms with van der Waals surface area (Å²) in [4.78, 5) is 4.22. The maximum absolute atomic E-state index is 5.96. The summed E-state index contributed by atoms with van der Waals surface area (Å²) < 4.78 is 0. The van der Waals surface area contributed by atoms with Crippen molar-refractivity contribution >= 4 is 22.5 Å². The van der Waals surface area contributed by atoms with Crippen LogP contribution in [0, 0.1) is 6.92 Å². The molecule has 1 aromatic carbocycles. The third-order valence-corrected chi connectivity index (χ3v) is 2.40. The van der Waals surface area contributed by atoms with Gasteiger partial charge in [-0.1, -0.05) is 17.7 Å². The second kappa shape index (κ2) is 2.76. The Morgan fingerprint density at radius 3 is 2.92 bits per heavy atom. The second-order valence-electron chi connectivity index (χ2n) is 2.74. The van der Waals surface area contributed by atoms with E-state index in [1.807, 2.05) is 31.2 Å². The fourth-order valence-electron chi connectivity index (χ4n) is 1.27. The van der Waals surface area contributed by atoms with Gasteiger partial charge in [0.1, 0.15) is 0 Å². The normalized spacial score (nSPS) is 10.5. The SMILES string of the molecule is Cc1c(Cl)ccc2ncccc12. The number of aromatic nitrogens is 1. The molecule has 0 radical (unpaired) electrons. The summed E-state index contributed by atoms with van der Waals surface area (Å²) in [7, 11) is 0. The molecule has 0 amide bonds. The first-order valence-corrected chi connectivity index (χ1v) is 4.16. The van der Waals surface area contributed by atoms with Crippen LogP contribution < -0.4 is 0 Å². The van der Waals surface area contributed by atoms with Gasteiger partial charge in [0.05, 0.1) is 5.52 Å². The van der Waals surface area contributed by atoms with E-state index >= 15 is 0 Å². The van der Waals surface area contributed by atoms with Crippen LogP contribution in [0.15, 0.2) is 30.5 Å². The molecule has 0 bridgehead atoms. The number of rotatable bonds is 0. The standard InChI is InChI=1S/C10H8ClN/c1-7-8-3-2-6-12-10(8)5-4-9(7)11/h2-6H,1H3. The second-order valence-corrected chi connectivity index (χ2v) is 3.15. The number of nitrogens with zero attached hydrogens (tertiary/aromatic N) is 1. The third-order valence-electron chi connectivity index (χ3n) is 1.99. The smallest absolute Gasteiger partial charge is 0.0705 e. The number of hydrogen-bond acceptors (Lipinski definition) is 1. The van der Waals surface area contributed by atoms with Crippen molar-refractivity contribution in [3.63, 3.8) is 0 Å². The van der Waals surface area contributed by atoms with E-state index in [2.05, 4.69) is 4.98 Å². The third kappa shape index (κ3) is 1.07. The highest BCUT2D eigenvalue weighted by molar-refractivity contribution is 6.32. The van der Waals surface area contributed by atoms with E-state index in [1.165, 1.54) is 0 Å². The minimum Gasteiger partial charge on any atom is -0.256 e. The summed E-state index contributed by atoms with van der Waals surface area (Å²) in [5, 5.41) is 1.93. The van der Waals surface area contributed by atoms with Crippen LogP contribution in [0.25, 0.3) is 10.9 Å². The largest absolute Gasteiger partial charge is 0.256 e. The fraction of sp³-hybridized carbons (Fsp3) is 0.100. The van der Waals surface area contributed by atoms with Crippen molar-refractivity contribution in [1.29, 1.82) is 0 Å². The Labute approximate surface area is 76.0 Å². The van der Waals surface area contributed by atoms with Gasteiger partial charge in [0.2, 0.25) is 0 Å². The molecule has 0 fully saturated rings. The molecule has 1 nitrogen and oxygen atoms in total. The van der Waals surface area contributed by atoms with Crippen LogP contribution in [0.4, 0.5) is 0 Å². The zero-order valence-corrected chi connectivity index (χ0v) is 7.47. The summed E-state index contributed by atoms with van der Waals surface area (Å²) in [6, 6.07) is 7.77. The Kier molecular flexibility index (Phi) is 1.74. The predicted molar refractivity (Wildman–Crippen MR) is 51.5 cm³/mol. The van der Waals surface area contributed by atoms with Gasteiger partial charge in [0.15, 0.2) is 0 Å². The van der Waals surface area contributed by atoms with Crippen LogP contribution in [-0.4, -0.2) is 4.98 Å². The molecule has 0 N–H and O–H groups in total. The molecule has 2 aromatic rings. The topological polar surface area (TPSA) is 12.9 Å². The van der Waals surface area contributed by atoms with E-state index in [9.17, 15) is 0 Å². The molecular weight excluding hydrogens is 170 g/mol. The van der Waals surface area contributed by atoms with Gasteiger partial charge in [-0.15, -0.1) is 0 Å². The quantitative estimate of drug-likeness (QED) is 0.602. The molecule has 0 unspecified atom stereocenters. The number of hydrogen-bond donors (Lipinski definition) is 0. The Balaban J connectivity index is 2.91. The zero-order valence-electron chi connectivity index (χ0n) is 6.71. The van der Waals surface area contributed by atoms with E-state index in [0.29, 0.717) is 0 Å². The average molecular weight is 178 g/mol. The van der Waals surface area contributed by atoms with E-state index in [1.54, 1.807) is 6.20 Å². The van der Waals surface area contributed by atoms with Crippen LogP contribution in [0.3, 0.4) is 0 Å². The molecule has 0 atom stereocenters. The highest BCUT2D eigenvalue weighted by Gasteiger charge is 2.00. The van der Waals surface area contributed by atoms with E-state index < -0.39 is 0 Å². The first kappa shape index (κ1) is 7.56. The zero-order chi connectivity index (χ0) is 8.55. The van der Waals surface area contributed by atoms with Gasteiger partial charge in [-0.2, -0.15) is 0 Å². The minimum absolute atomic E-state index is 0.801. The Morgan fingerprint density at radius 2 is 2.08 bits per heavy atom. The molecule has 1 heterocycles. The van der Waals surface area contributed by atoms with Gasteiger partial charge in [-0.3, -0.25) is 4.98 Å². The lowest BCUT2D eigenvalue weighted by Crippen LogP contribution is -1.81. The molecule has 0 saturated heterocycles. The van der Waals surface area contributed by atoms with Gasteiger partial charge >= 0.3 is 0 Å². The maximum Gasteiger partial charge on any atom is 0.0705 e. The van der Waals surface area contributed by atoms with Gasteiger partial charge in [0.25, 0.3) is 0 Å². The van der Waals surface area contributed by atoms with Crippen molar-refractivity contribution < 1.29 is 0 Å². The summed E-state index contributed by atoms with van der Waals surface area (Å²) in [6.45, 7) is 2.01. The summed E-state index contributed by atoms with van der Waals surface area (Å²) in [5.41, 5.74) is 2.10. The summed E-state index contributed by atoms with van der Waals surface area (Å²) >= 11 is 5.96. The lowest BCUT2D eigenvalue weighted by atomic mass is 10.1. The predicted octanol–water partition coefficient (Wildman–Crippen LogP) is 3.20. The molecule has 0 aliphatic carbocycles. The Hall–Kier alpha value is -1.08. The highest BCUT2D eigenvalue weighted by atomic mass is 35.5. The van der Waals surface area contributed by atoms with E-state index in [-0.39, 0.29) is 0 Å². The molecule has 0 spiro atoms. The van der Waals surface area contributed by atoms with Crippen molar-refractivity contribution in [3.05, 3.63) is 41.0 Å². The maximum atomic E-state index is 5.96. The van der Waals surface area contributed by atoms with Crippen molar-refractivity contribution in [2.24, 2.45) is 0 Å². The first-order valence-electron chi connectivity index (χ1n) is 3.79. The van der Waals surface area contributed by atoms with Crippen molar-refractivity contribution in [3.8, 4) is 0 Å². The molecule has 0 aliphatic heterocycles. The average Bonchev–Trinajstić information content (AvgIpc) is 2.12. The number of aryl methyl sites for hydroxylation is 1. The number of pyridine rings is 1. The monoisotopic (exact) mass is 177 g/mol. The van der Waals surface area contributed by atoms with Gasteiger partial charge in [-0.25, -0.2) is 0 Å². The van der Waals surface area contributed by atoms with Gasteiger partial charge in [-0.05, 0) is 30.7 Å². The lowest BCUT2D eigenvalue weighted by molar-refractivity contribution is 1.39. The summed E-state index contributed by atoms with van der Waals surface area (Å²) in [6.07, 6.45) is 1.79. The number of benzene rings is 1. The number of halogens is 1. The van der Waals surface area contributed by atoms with Crippen LogP contribution >= 0.6 is 11.6 Å². The van der Waals surface area contributed by atoms with Crippen LogP contribution in [0.2, 0.25) is 5.02 Å². The molecular formula is C10H8ClN. The molecule has 2 rings (SSSR count). The van der Waals surface area contributed by atoms with Gasteiger partial charge in [0, 0.05) is 16.6 Å². The molecule has 2 heteroatoms. The molecule has 0 saturated carbocycles. The van der Waals surface area contributed by atoms with E-state index in [4.69, 9.17) is 11.6 Å². The fourth-order valence-corrected chi connectivity index (χ4v) is 1.44. The van der Waals surface area contributed by atoms with Crippen molar-refractivity contribution in [2.45, 2.75) is 6.92 Å². The van der Waals surface area contributed by atoms with E-state index in [0.717, 1.165) is 21.5 Å². The van der Waals surface area contributed by atoms with Gasteiger partial charge < -0.3 is 0 Å². The highest BCUT2D eigenvalue weighted by Crippen LogP contribution is 2.23. The lowest BCUT2D eigenvalue weighted by Gasteiger charge is -2.01. The Bertz CT molecular complexity index is 423. The number of fused-ring (bicyclic) bond motifs is 1. The Morgan fingerprint density at radius 1 is 1.25 bits per heavy atom.